The maximum Gasteiger partial charge on any atom is 0.295 e. The summed E-state index contributed by atoms with van der Waals surface area (Å²) in [5.41, 5.74) is 3.83. The highest BCUT2D eigenvalue weighted by Crippen LogP contribution is 2.41. The molecule has 0 aliphatic carbocycles. The largest absolute Gasteiger partial charge is 0.507 e. The highest BCUT2D eigenvalue weighted by Gasteiger charge is 2.46. The van der Waals surface area contributed by atoms with Gasteiger partial charge in [-0.15, -0.1) is 0 Å². The van der Waals surface area contributed by atoms with Crippen molar-refractivity contribution in [1.29, 1.82) is 0 Å². The summed E-state index contributed by atoms with van der Waals surface area (Å²) in [6.45, 7) is 3.96. The van der Waals surface area contributed by atoms with Crippen LogP contribution in [0.2, 0.25) is 0 Å². The van der Waals surface area contributed by atoms with E-state index in [4.69, 9.17) is 9.47 Å². The lowest BCUT2D eigenvalue weighted by molar-refractivity contribution is -0.140. The first-order valence-corrected chi connectivity index (χ1v) is 11.0. The van der Waals surface area contributed by atoms with Gasteiger partial charge in [-0.2, -0.15) is 0 Å². The first-order valence-electron chi connectivity index (χ1n) is 11.0. The number of para-hydroxylation sites is 1. The summed E-state index contributed by atoms with van der Waals surface area (Å²) in [7, 11) is 3.14. The second kappa shape index (κ2) is 9.43. The normalized spacial score (nSPS) is 17.2. The minimum atomic E-state index is -0.743. The third-order valence-corrected chi connectivity index (χ3v) is 6.10. The molecule has 0 radical (unpaired) electrons. The van der Waals surface area contributed by atoms with Crippen molar-refractivity contribution < 1.29 is 24.2 Å². The molecule has 3 aromatic rings. The van der Waals surface area contributed by atoms with E-state index in [1.54, 1.807) is 32.4 Å². The Labute approximate surface area is 199 Å². The first-order chi connectivity index (χ1) is 16.3. The molecule has 1 N–H and O–H groups in total. The number of methoxy groups -OCH3 is 2. The molecule has 6 heteroatoms. The molecule has 1 fully saturated rings. The summed E-state index contributed by atoms with van der Waals surface area (Å²) in [6.07, 6.45) is 0. The number of nitrogens with zero attached hydrogens (tertiary/aromatic N) is 1. The van der Waals surface area contributed by atoms with Crippen LogP contribution < -0.4 is 9.47 Å². The number of carbonyl (C=O) groups excluding carboxylic acids is 2. The number of benzene rings is 3. The third-order valence-electron chi connectivity index (χ3n) is 6.10. The highest BCUT2D eigenvalue weighted by molar-refractivity contribution is 6.46. The maximum atomic E-state index is 13.3. The first kappa shape index (κ1) is 23.1. The van der Waals surface area contributed by atoms with Gasteiger partial charge in [0.2, 0.25) is 0 Å². The van der Waals surface area contributed by atoms with Crippen molar-refractivity contribution in [1.82, 2.24) is 4.90 Å². The number of hydrogen-bond donors (Lipinski definition) is 1. The lowest BCUT2D eigenvalue weighted by atomic mass is 9.94. The Morgan fingerprint density at radius 2 is 1.65 bits per heavy atom. The molecule has 1 atom stereocenters. The van der Waals surface area contributed by atoms with Crippen LogP contribution in [-0.2, 0) is 16.1 Å². The van der Waals surface area contributed by atoms with E-state index in [1.807, 2.05) is 62.4 Å². The predicted octanol–water partition coefficient (Wildman–Crippen LogP) is 4.94. The predicted molar refractivity (Wildman–Crippen MR) is 130 cm³/mol. The second-order valence-corrected chi connectivity index (χ2v) is 8.34. The van der Waals surface area contributed by atoms with Gasteiger partial charge in [0, 0.05) is 11.1 Å². The van der Waals surface area contributed by atoms with Gasteiger partial charge in [-0.05, 0) is 49.2 Å². The van der Waals surface area contributed by atoms with E-state index in [0.717, 1.165) is 22.3 Å². The molecule has 4 rings (SSSR count). The minimum Gasteiger partial charge on any atom is -0.507 e. The Morgan fingerprint density at radius 1 is 0.912 bits per heavy atom. The quantitative estimate of drug-likeness (QED) is 0.322. The average molecular weight is 458 g/mol. The van der Waals surface area contributed by atoms with Crippen molar-refractivity contribution in [2.45, 2.75) is 26.4 Å². The van der Waals surface area contributed by atoms with Crippen LogP contribution in [0.1, 0.15) is 33.9 Å². The molecule has 1 amide bonds. The van der Waals surface area contributed by atoms with Gasteiger partial charge in [0.15, 0.2) is 0 Å². The number of aliphatic hydroxyl groups is 1. The zero-order chi connectivity index (χ0) is 24.4. The Bertz CT molecular complexity index is 1290. The van der Waals surface area contributed by atoms with E-state index in [9.17, 15) is 14.7 Å². The Morgan fingerprint density at radius 3 is 2.32 bits per heavy atom. The van der Waals surface area contributed by atoms with Crippen LogP contribution in [0.15, 0.2) is 72.3 Å². The number of aliphatic hydroxyl groups excluding tert-OH is 1. The maximum absolute atomic E-state index is 13.3. The number of carbonyl (C=O) groups is 2. The van der Waals surface area contributed by atoms with E-state index in [-0.39, 0.29) is 17.9 Å². The molecule has 0 aromatic heterocycles. The summed E-state index contributed by atoms with van der Waals surface area (Å²) in [5.74, 6) is -0.295. The Kier molecular flexibility index (Phi) is 6.41. The SMILES string of the molecule is COc1ccc(/C(O)=C2/C(=O)C(=O)N(Cc3ccccc3OC)C2c2cccc(C)c2)cc1C. The number of rotatable bonds is 6. The van der Waals surface area contributed by atoms with Crippen LogP contribution in [0.3, 0.4) is 0 Å². The van der Waals surface area contributed by atoms with Crippen LogP contribution in [-0.4, -0.2) is 35.9 Å². The monoisotopic (exact) mass is 457 g/mol. The average Bonchev–Trinajstić information content (AvgIpc) is 3.08. The second-order valence-electron chi connectivity index (χ2n) is 8.34. The molecule has 0 spiro atoms. The molecule has 0 saturated carbocycles. The van der Waals surface area contributed by atoms with Crippen molar-refractivity contribution >= 4 is 17.4 Å². The Hall–Kier alpha value is -4.06. The fourth-order valence-corrected chi connectivity index (χ4v) is 4.43. The lowest BCUT2D eigenvalue weighted by Crippen LogP contribution is -2.29. The third kappa shape index (κ3) is 4.15. The zero-order valence-electron chi connectivity index (χ0n) is 19.7. The van der Waals surface area contributed by atoms with Crippen molar-refractivity contribution in [3.8, 4) is 11.5 Å². The fourth-order valence-electron chi connectivity index (χ4n) is 4.43. The molecule has 34 heavy (non-hydrogen) atoms. The van der Waals surface area contributed by atoms with Crippen LogP contribution in [0.25, 0.3) is 5.76 Å². The molecule has 1 saturated heterocycles. The number of aryl methyl sites for hydroxylation is 2. The van der Waals surface area contributed by atoms with Gasteiger partial charge in [0.25, 0.3) is 11.7 Å². The van der Waals surface area contributed by atoms with E-state index in [2.05, 4.69) is 0 Å². The standard InChI is InChI=1S/C28H27NO5/c1-17-8-7-10-19(14-17)25-24(26(30)20-12-13-22(33-3)18(2)15-20)27(31)28(32)29(25)16-21-9-5-6-11-23(21)34-4/h5-15,25,30H,16H2,1-4H3/b26-24-. The topological polar surface area (TPSA) is 76.1 Å². The van der Waals surface area contributed by atoms with E-state index >= 15 is 0 Å². The number of likely N-dealkylation sites (tertiary alicyclic amines) is 1. The van der Waals surface area contributed by atoms with Crippen molar-refractivity contribution in [3.05, 3.63) is 100 Å². The molecule has 3 aromatic carbocycles. The van der Waals surface area contributed by atoms with Gasteiger partial charge in [-0.3, -0.25) is 9.59 Å². The molecule has 1 heterocycles. The number of hydrogen-bond acceptors (Lipinski definition) is 5. The molecular weight excluding hydrogens is 430 g/mol. The number of Topliss-reactive ketones (excluding diaryl/α,β-unsaturated/α-hetero) is 1. The van der Waals surface area contributed by atoms with Crippen LogP contribution >= 0.6 is 0 Å². The van der Waals surface area contributed by atoms with Gasteiger partial charge in [0.1, 0.15) is 17.3 Å². The molecule has 6 nitrogen and oxygen atoms in total. The van der Waals surface area contributed by atoms with Gasteiger partial charge in [-0.25, -0.2) is 0 Å². The lowest BCUT2D eigenvalue weighted by Gasteiger charge is -2.26. The van der Waals surface area contributed by atoms with Gasteiger partial charge < -0.3 is 19.5 Å². The smallest absolute Gasteiger partial charge is 0.295 e. The van der Waals surface area contributed by atoms with Crippen LogP contribution in [0.4, 0.5) is 0 Å². The molecule has 0 bridgehead atoms. The van der Waals surface area contributed by atoms with Gasteiger partial charge in [0.05, 0.1) is 32.4 Å². The van der Waals surface area contributed by atoms with E-state index < -0.39 is 17.7 Å². The summed E-state index contributed by atoms with van der Waals surface area (Å²) >= 11 is 0. The molecule has 1 aliphatic rings. The summed E-state index contributed by atoms with van der Waals surface area (Å²) in [4.78, 5) is 28.0. The van der Waals surface area contributed by atoms with E-state index in [1.165, 1.54) is 4.90 Å². The van der Waals surface area contributed by atoms with Crippen molar-refractivity contribution in [2.75, 3.05) is 14.2 Å². The van der Waals surface area contributed by atoms with Crippen molar-refractivity contribution in [3.63, 3.8) is 0 Å². The molecule has 1 unspecified atom stereocenters. The molecule has 174 valence electrons. The summed E-state index contributed by atoms with van der Waals surface area (Å²) < 4.78 is 10.8. The van der Waals surface area contributed by atoms with Gasteiger partial charge >= 0.3 is 0 Å². The summed E-state index contributed by atoms with van der Waals surface area (Å²) in [6, 6.07) is 19.4. The minimum absolute atomic E-state index is 0.0649. The highest BCUT2D eigenvalue weighted by atomic mass is 16.5. The van der Waals surface area contributed by atoms with Gasteiger partial charge in [-0.1, -0.05) is 48.0 Å². The Balaban J connectivity index is 1.88. The van der Waals surface area contributed by atoms with Crippen LogP contribution in [0.5, 0.6) is 11.5 Å². The zero-order valence-corrected chi connectivity index (χ0v) is 19.7. The number of ketones is 1. The molecule has 1 aliphatic heterocycles. The summed E-state index contributed by atoms with van der Waals surface area (Å²) in [5, 5.41) is 11.3. The van der Waals surface area contributed by atoms with Crippen molar-refractivity contribution in [2.24, 2.45) is 0 Å². The number of ether oxygens (including phenoxy) is 2. The molecular formula is C28H27NO5. The number of amides is 1. The van der Waals surface area contributed by atoms with Crippen LogP contribution in [0, 0.1) is 13.8 Å². The fraction of sp³-hybridized carbons (Fsp3) is 0.214. The van der Waals surface area contributed by atoms with E-state index in [0.29, 0.717) is 17.1 Å².